The number of benzene rings is 2. The van der Waals surface area contributed by atoms with Crippen LogP contribution < -0.4 is 0 Å². The molecule has 1 aliphatic rings. The van der Waals surface area contributed by atoms with Crippen molar-refractivity contribution in [3.05, 3.63) is 65.2 Å². The number of rotatable bonds is 4. The van der Waals surface area contributed by atoms with Crippen molar-refractivity contribution in [2.75, 3.05) is 26.2 Å². The van der Waals surface area contributed by atoms with Crippen LogP contribution in [-0.2, 0) is 21.2 Å². The standard InChI is InChI=1S/C20H24N2O3S/c1-16-8-9-19(17(2)14-16)26(24,25)22-12-10-21(11-13-22)20(23)15-18-6-4-3-5-7-18/h3-9,14H,10-13,15H2,1-2H3. The molecular weight excluding hydrogens is 348 g/mol. The van der Waals surface area contributed by atoms with Gasteiger partial charge in [0.25, 0.3) is 0 Å². The molecule has 0 atom stereocenters. The summed E-state index contributed by atoms with van der Waals surface area (Å²) in [4.78, 5) is 14.5. The van der Waals surface area contributed by atoms with Crippen LogP contribution in [0.1, 0.15) is 16.7 Å². The maximum Gasteiger partial charge on any atom is 0.243 e. The Balaban J connectivity index is 1.65. The van der Waals surface area contributed by atoms with Crippen molar-refractivity contribution in [2.24, 2.45) is 0 Å². The zero-order valence-electron chi connectivity index (χ0n) is 15.2. The second-order valence-corrected chi connectivity index (χ2v) is 8.62. The molecule has 2 aromatic rings. The molecule has 0 aromatic heterocycles. The third-order valence-corrected chi connectivity index (χ3v) is 6.80. The lowest BCUT2D eigenvalue weighted by molar-refractivity contribution is -0.131. The lowest BCUT2D eigenvalue weighted by atomic mass is 10.1. The molecule has 26 heavy (non-hydrogen) atoms. The van der Waals surface area contributed by atoms with E-state index in [4.69, 9.17) is 0 Å². The molecule has 0 radical (unpaired) electrons. The van der Waals surface area contributed by atoms with Gasteiger partial charge in [0, 0.05) is 26.2 Å². The van der Waals surface area contributed by atoms with Crippen molar-refractivity contribution in [3.63, 3.8) is 0 Å². The minimum Gasteiger partial charge on any atom is -0.340 e. The third kappa shape index (κ3) is 3.97. The van der Waals surface area contributed by atoms with E-state index in [1.807, 2.05) is 56.3 Å². The molecule has 0 unspecified atom stereocenters. The molecule has 1 saturated heterocycles. The second-order valence-electron chi connectivity index (χ2n) is 6.72. The molecule has 138 valence electrons. The third-order valence-electron chi connectivity index (χ3n) is 4.74. The molecule has 3 rings (SSSR count). The summed E-state index contributed by atoms with van der Waals surface area (Å²) in [5, 5.41) is 0. The van der Waals surface area contributed by atoms with Crippen molar-refractivity contribution >= 4 is 15.9 Å². The van der Waals surface area contributed by atoms with E-state index in [0.717, 1.165) is 16.7 Å². The van der Waals surface area contributed by atoms with Crippen LogP contribution in [0, 0.1) is 13.8 Å². The largest absolute Gasteiger partial charge is 0.340 e. The van der Waals surface area contributed by atoms with E-state index in [0.29, 0.717) is 37.5 Å². The van der Waals surface area contributed by atoms with Crippen molar-refractivity contribution in [3.8, 4) is 0 Å². The summed E-state index contributed by atoms with van der Waals surface area (Å²) in [6.07, 6.45) is 0.352. The van der Waals surface area contributed by atoms with E-state index in [9.17, 15) is 13.2 Å². The van der Waals surface area contributed by atoms with Gasteiger partial charge < -0.3 is 4.90 Å². The van der Waals surface area contributed by atoms with Gasteiger partial charge in [-0.1, -0.05) is 48.0 Å². The van der Waals surface area contributed by atoms with E-state index in [2.05, 4.69) is 0 Å². The predicted molar refractivity (Wildman–Crippen MR) is 101 cm³/mol. The number of nitrogens with zero attached hydrogens (tertiary/aromatic N) is 2. The Bertz CT molecular complexity index is 887. The Hall–Kier alpha value is -2.18. The Morgan fingerprint density at radius 2 is 1.62 bits per heavy atom. The summed E-state index contributed by atoms with van der Waals surface area (Å²) in [6, 6.07) is 15.0. The first-order valence-corrected chi connectivity index (χ1v) is 10.2. The lowest BCUT2D eigenvalue weighted by Gasteiger charge is -2.34. The van der Waals surface area contributed by atoms with Crippen molar-refractivity contribution in [1.29, 1.82) is 0 Å². The van der Waals surface area contributed by atoms with E-state index >= 15 is 0 Å². The number of hydrogen-bond donors (Lipinski definition) is 0. The highest BCUT2D eigenvalue weighted by Gasteiger charge is 2.30. The molecule has 1 amide bonds. The summed E-state index contributed by atoms with van der Waals surface area (Å²) >= 11 is 0. The maximum absolute atomic E-state index is 12.9. The van der Waals surface area contributed by atoms with E-state index < -0.39 is 10.0 Å². The van der Waals surface area contributed by atoms with Gasteiger partial charge in [0.15, 0.2) is 0 Å². The fourth-order valence-electron chi connectivity index (χ4n) is 3.29. The van der Waals surface area contributed by atoms with Crippen LogP contribution in [0.3, 0.4) is 0 Å². The number of piperazine rings is 1. The van der Waals surface area contributed by atoms with Gasteiger partial charge in [-0.2, -0.15) is 4.31 Å². The van der Waals surface area contributed by atoms with E-state index in [1.165, 1.54) is 4.31 Å². The number of carbonyl (C=O) groups is 1. The van der Waals surface area contributed by atoms with Gasteiger partial charge >= 0.3 is 0 Å². The molecule has 0 bridgehead atoms. The molecule has 0 saturated carbocycles. The van der Waals surface area contributed by atoms with Crippen LogP contribution in [-0.4, -0.2) is 49.7 Å². The average Bonchev–Trinajstić information content (AvgIpc) is 2.62. The van der Waals surface area contributed by atoms with Crippen LogP contribution in [0.2, 0.25) is 0 Å². The molecule has 5 nitrogen and oxygen atoms in total. The monoisotopic (exact) mass is 372 g/mol. The minimum absolute atomic E-state index is 0.0414. The highest BCUT2D eigenvalue weighted by atomic mass is 32.2. The molecule has 0 aliphatic carbocycles. The fourth-order valence-corrected chi connectivity index (χ4v) is 4.92. The Morgan fingerprint density at radius 3 is 2.23 bits per heavy atom. The van der Waals surface area contributed by atoms with E-state index in [1.54, 1.807) is 11.0 Å². The first-order valence-electron chi connectivity index (χ1n) is 8.77. The number of aryl methyl sites for hydroxylation is 2. The molecule has 0 N–H and O–H groups in total. The van der Waals surface area contributed by atoms with Gasteiger partial charge in [0.05, 0.1) is 11.3 Å². The zero-order chi connectivity index (χ0) is 18.7. The number of hydrogen-bond acceptors (Lipinski definition) is 3. The molecule has 2 aromatic carbocycles. The summed E-state index contributed by atoms with van der Waals surface area (Å²) in [7, 11) is -3.52. The van der Waals surface area contributed by atoms with Crippen LogP contribution in [0.15, 0.2) is 53.4 Å². The van der Waals surface area contributed by atoms with Crippen LogP contribution >= 0.6 is 0 Å². The molecule has 6 heteroatoms. The highest BCUT2D eigenvalue weighted by Crippen LogP contribution is 2.22. The van der Waals surface area contributed by atoms with Crippen LogP contribution in [0.5, 0.6) is 0 Å². The van der Waals surface area contributed by atoms with Crippen molar-refractivity contribution in [1.82, 2.24) is 9.21 Å². The Labute approximate surface area is 155 Å². The van der Waals surface area contributed by atoms with Crippen LogP contribution in [0.25, 0.3) is 0 Å². The van der Waals surface area contributed by atoms with Crippen LogP contribution in [0.4, 0.5) is 0 Å². The SMILES string of the molecule is Cc1ccc(S(=O)(=O)N2CCN(C(=O)Cc3ccccc3)CC2)c(C)c1. The first-order chi connectivity index (χ1) is 12.4. The van der Waals surface area contributed by atoms with Gasteiger partial charge in [-0.05, 0) is 31.0 Å². The maximum atomic E-state index is 12.9. The van der Waals surface area contributed by atoms with Crippen molar-refractivity contribution < 1.29 is 13.2 Å². The van der Waals surface area contributed by atoms with E-state index in [-0.39, 0.29) is 5.91 Å². The summed E-state index contributed by atoms with van der Waals surface area (Å²) < 4.78 is 27.3. The van der Waals surface area contributed by atoms with Gasteiger partial charge in [-0.25, -0.2) is 8.42 Å². The molecule has 0 spiro atoms. The summed E-state index contributed by atoms with van der Waals surface area (Å²) in [5.41, 5.74) is 2.77. The summed E-state index contributed by atoms with van der Waals surface area (Å²) in [6.45, 7) is 5.28. The Kier molecular flexibility index (Phi) is 5.44. The van der Waals surface area contributed by atoms with Crippen molar-refractivity contribution in [2.45, 2.75) is 25.2 Å². The Morgan fingerprint density at radius 1 is 0.962 bits per heavy atom. The first kappa shape index (κ1) is 18.6. The predicted octanol–water partition coefficient (Wildman–Crippen LogP) is 2.38. The van der Waals surface area contributed by atoms with Gasteiger partial charge in [0.2, 0.25) is 15.9 Å². The second kappa shape index (κ2) is 7.60. The number of sulfonamides is 1. The smallest absolute Gasteiger partial charge is 0.243 e. The highest BCUT2D eigenvalue weighted by molar-refractivity contribution is 7.89. The minimum atomic E-state index is -3.52. The zero-order valence-corrected chi connectivity index (χ0v) is 16.0. The normalized spacial score (nSPS) is 15.8. The molecule has 1 fully saturated rings. The fraction of sp³-hybridized carbons (Fsp3) is 0.350. The summed E-state index contributed by atoms with van der Waals surface area (Å²) in [5.74, 6) is 0.0414. The quantitative estimate of drug-likeness (QED) is 0.828. The number of amides is 1. The molecule has 1 aliphatic heterocycles. The number of carbonyl (C=O) groups excluding carboxylic acids is 1. The molecular formula is C20H24N2O3S. The van der Waals surface area contributed by atoms with Gasteiger partial charge in [-0.3, -0.25) is 4.79 Å². The average molecular weight is 372 g/mol. The topological polar surface area (TPSA) is 57.7 Å². The molecule has 1 heterocycles. The van der Waals surface area contributed by atoms with Gasteiger partial charge in [-0.15, -0.1) is 0 Å². The lowest BCUT2D eigenvalue weighted by Crippen LogP contribution is -2.50. The van der Waals surface area contributed by atoms with Gasteiger partial charge in [0.1, 0.15) is 0 Å².